The zero-order chi connectivity index (χ0) is 11.5. The minimum absolute atomic E-state index is 0.00407. The summed E-state index contributed by atoms with van der Waals surface area (Å²) in [6.45, 7) is 3.62. The second kappa shape index (κ2) is 4.45. The first kappa shape index (κ1) is 11.7. The van der Waals surface area contributed by atoms with Gasteiger partial charge in [-0.15, -0.1) is 0 Å². The maximum absolute atomic E-state index is 11.8. The van der Waals surface area contributed by atoms with Crippen molar-refractivity contribution in [3.8, 4) is 5.75 Å². The van der Waals surface area contributed by atoms with Gasteiger partial charge in [0, 0.05) is 6.42 Å². The van der Waals surface area contributed by atoms with Gasteiger partial charge in [0.1, 0.15) is 5.75 Å². The van der Waals surface area contributed by atoms with Crippen LogP contribution in [0.1, 0.15) is 25.8 Å². The number of Topliss-reactive ketones (excluding diaryl/α,β-unsaturated/α-hetero) is 1. The molecule has 0 saturated heterocycles. The lowest BCUT2D eigenvalue weighted by Gasteiger charge is -2.20. The quantitative estimate of drug-likeness (QED) is 0.788. The summed E-state index contributed by atoms with van der Waals surface area (Å²) in [5.74, 6) is 0.172. The molecule has 1 aromatic carbocycles. The van der Waals surface area contributed by atoms with E-state index in [-0.39, 0.29) is 18.0 Å². The summed E-state index contributed by atoms with van der Waals surface area (Å²) in [4.78, 5) is 11.8. The van der Waals surface area contributed by atoms with Crippen LogP contribution in [-0.4, -0.2) is 16.4 Å². The van der Waals surface area contributed by atoms with Crippen LogP contribution >= 0.6 is 0 Å². The van der Waals surface area contributed by atoms with Gasteiger partial charge in [0.25, 0.3) is 0 Å². The minimum Gasteiger partial charge on any atom is -0.508 e. The largest absolute Gasteiger partial charge is 0.508 e. The lowest BCUT2D eigenvalue weighted by Crippen LogP contribution is -2.45. The van der Waals surface area contributed by atoms with Crippen molar-refractivity contribution < 1.29 is 9.90 Å². The Hall–Kier alpha value is -1.35. The molecule has 1 atom stereocenters. The molecule has 0 aliphatic rings. The van der Waals surface area contributed by atoms with Gasteiger partial charge in [-0.1, -0.05) is 19.1 Å². The summed E-state index contributed by atoms with van der Waals surface area (Å²) in [6, 6.07) is 6.69. The maximum atomic E-state index is 11.8. The van der Waals surface area contributed by atoms with Gasteiger partial charge in [0.05, 0.1) is 5.54 Å². The molecule has 0 spiro atoms. The first-order chi connectivity index (χ1) is 6.95. The van der Waals surface area contributed by atoms with Crippen LogP contribution in [-0.2, 0) is 11.2 Å². The molecule has 0 aliphatic heterocycles. The van der Waals surface area contributed by atoms with E-state index in [4.69, 9.17) is 5.73 Å². The van der Waals surface area contributed by atoms with Crippen LogP contribution in [0.2, 0.25) is 0 Å². The number of phenolic OH excluding ortho intramolecular Hbond substituents is 1. The van der Waals surface area contributed by atoms with Crippen molar-refractivity contribution in [3.05, 3.63) is 29.8 Å². The Morgan fingerprint density at radius 3 is 2.73 bits per heavy atom. The van der Waals surface area contributed by atoms with E-state index in [9.17, 15) is 9.90 Å². The number of carbonyl (C=O) groups is 1. The van der Waals surface area contributed by atoms with Crippen LogP contribution in [0, 0.1) is 0 Å². The summed E-state index contributed by atoms with van der Waals surface area (Å²) in [6.07, 6.45) is 0.889. The van der Waals surface area contributed by atoms with Crippen molar-refractivity contribution in [3.63, 3.8) is 0 Å². The Labute approximate surface area is 89.9 Å². The van der Waals surface area contributed by atoms with Gasteiger partial charge < -0.3 is 10.8 Å². The van der Waals surface area contributed by atoms with E-state index in [1.807, 2.05) is 13.0 Å². The van der Waals surface area contributed by atoms with Crippen molar-refractivity contribution in [1.82, 2.24) is 0 Å². The standard InChI is InChI=1S/C12H17NO2/c1-3-12(2,13)11(15)8-9-5-4-6-10(14)7-9/h4-7,14H,3,8,13H2,1-2H3. The number of carbonyl (C=O) groups excluding carboxylic acids is 1. The highest BCUT2D eigenvalue weighted by Gasteiger charge is 2.25. The molecule has 3 nitrogen and oxygen atoms in total. The van der Waals surface area contributed by atoms with Gasteiger partial charge >= 0.3 is 0 Å². The Balaban J connectivity index is 2.75. The molecule has 1 aromatic rings. The fraction of sp³-hybridized carbons (Fsp3) is 0.417. The van der Waals surface area contributed by atoms with Crippen molar-refractivity contribution >= 4 is 5.78 Å². The number of rotatable bonds is 4. The van der Waals surface area contributed by atoms with Crippen LogP contribution in [0.3, 0.4) is 0 Å². The van der Waals surface area contributed by atoms with Gasteiger partial charge in [0.15, 0.2) is 5.78 Å². The average molecular weight is 207 g/mol. The minimum atomic E-state index is -0.772. The molecule has 15 heavy (non-hydrogen) atoms. The van der Waals surface area contributed by atoms with E-state index in [0.29, 0.717) is 6.42 Å². The number of hydrogen-bond donors (Lipinski definition) is 2. The van der Waals surface area contributed by atoms with Crippen molar-refractivity contribution in [2.24, 2.45) is 5.73 Å². The topological polar surface area (TPSA) is 63.3 Å². The fourth-order valence-corrected chi connectivity index (χ4v) is 1.25. The van der Waals surface area contributed by atoms with Crippen LogP contribution < -0.4 is 5.73 Å². The van der Waals surface area contributed by atoms with Gasteiger partial charge in [-0.2, -0.15) is 0 Å². The summed E-state index contributed by atoms with van der Waals surface area (Å²) in [7, 11) is 0. The number of nitrogens with two attached hydrogens (primary N) is 1. The highest BCUT2D eigenvalue weighted by Crippen LogP contribution is 2.15. The zero-order valence-corrected chi connectivity index (χ0v) is 9.16. The molecule has 1 rings (SSSR count). The van der Waals surface area contributed by atoms with Crippen molar-refractivity contribution in [2.45, 2.75) is 32.2 Å². The molecular formula is C12H17NO2. The molecule has 1 unspecified atom stereocenters. The first-order valence-electron chi connectivity index (χ1n) is 5.06. The molecule has 0 aliphatic carbocycles. The smallest absolute Gasteiger partial charge is 0.156 e. The third-order valence-corrected chi connectivity index (χ3v) is 2.65. The Morgan fingerprint density at radius 1 is 1.53 bits per heavy atom. The molecule has 0 saturated carbocycles. The molecule has 0 radical (unpaired) electrons. The van der Waals surface area contributed by atoms with Crippen LogP contribution in [0.4, 0.5) is 0 Å². The number of phenols is 1. The summed E-state index contributed by atoms with van der Waals surface area (Å²) in [5.41, 5.74) is 5.86. The monoisotopic (exact) mass is 207 g/mol. The molecular weight excluding hydrogens is 190 g/mol. The highest BCUT2D eigenvalue weighted by atomic mass is 16.3. The molecule has 82 valence electrons. The molecule has 3 N–H and O–H groups in total. The van der Waals surface area contributed by atoms with Gasteiger partial charge in [-0.3, -0.25) is 4.79 Å². The molecule has 0 heterocycles. The second-order valence-electron chi connectivity index (χ2n) is 4.04. The Kier molecular flexibility index (Phi) is 3.48. The number of benzene rings is 1. The first-order valence-corrected chi connectivity index (χ1v) is 5.06. The number of aromatic hydroxyl groups is 1. The van der Waals surface area contributed by atoms with E-state index < -0.39 is 5.54 Å². The normalized spacial score (nSPS) is 14.6. The SMILES string of the molecule is CCC(C)(N)C(=O)Cc1cccc(O)c1. The zero-order valence-electron chi connectivity index (χ0n) is 9.16. The Morgan fingerprint density at radius 2 is 2.20 bits per heavy atom. The number of ketones is 1. The lowest BCUT2D eigenvalue weighted by atomic mass is 9.90. The lowest BCUT2D eigenvalue weighted by molar-refractivity contribution is -0.123. The summed E-state index contributed by atoms with van der Waals surface area (Å²) < 4.78 is 0. The predicted molar refractivity (Wildman–Crippen MR) is 59.7 cm³/mol. The van der Waals surface area contributed by atoms with Crippen molar-refractivity contribution in [1.29, 1.82) is 0 Å². The molecule has 0 amide bonds. The van der Waals surface area contributed by atoms with Crippen LogP contribution in [0.25, 0.3) is 0 Å². The fourth-order valence-electron chi connectivity index (χ4n) is 1.25. The van der Waals surface area contributed by atoms with Gasteiger partial charge in [-0.25, -0.2) is 0 Å². The maximum Gasteiger partial charge on any atom is 0.156 e. The van der Waals surface area contributed by atoms with Gasteiger partial charge in [-0.05, 0) is 31.0 Å². The summed E-state index contributed by atoms with van der Waals surface area (Å²) in [5, 5.41) is 9.24. The van der Waals surface area contributed by atoms with E-state index in [1.54, 1.807) is 25.1 Å². The van der Waals surface area contributed by atoms with Crippen LogP contribution in [0.5, 0.6) is 5.75 Å². The molecule has 3 heteroatoms. The highest BCUT2D eigenvalue weighted by molar-refractivity contribution is 5.89. The third-order valence-electron chi connectivity index (χ3n) is 2.65. The molecule has 0 fully saturated rings. The van der Waals surface area contributed by atoms with E-state index in [2.05, 4.69) is 0 Å². The number of hydrogen-bond acceptors (Lipinski definition) is 3. The summed E-state index contributed by atoms with van der Waals surface area (Å²) >= 11 is 0. The van der Waals surface area contributed by atoms with E-state index in [1.165, 1.54) is 0 Å². The van der Waals surface area contributed by atoms with E-state index in [0.717, 1.165) is 5.56 Å². The van der Waals surface area contributed by atoms with Crippen molar-refractivity contribution in [2.75, 3.05) is 0 Å². The van der Waals surface area contributed by atoms with Gasteiger partial charge in [0.2, 0.25) is 0 Å². The molecule has 0 bridgehead atoms. The predicted octanol–water partition coefficient (Wildman–Crippen LogP) is 1.63. The second-order valence-corrected chi connectivity index (χ2v) is 4.04. The molecule has 0 aromatic heterocycles. The third kappa shape index (κ3) is 3.06. The van der Waals surface area contributed by atoms with E-state index >= 15 is 0 Å². The Bertz CT molecular complexity index is 358. The van der Waals surface area contributed by atoms with Crippen LogP contribution in [0.15, 0.2) is 24.3 Å². The average Bonchev–Trinajstić information content (AvgIpc) is 2.17.